The van der Waals surface area contributed by atoms with Crippen LogP contribution in [0.1, 0.15) is 35.2 Å². The Morgan fingerprint density at radius 2 is 1.81 bits per heavy atom. The Kier molecular flexibility index (Phi) is 5.43. The molecule has 0 aromatic heterocycles. The summed E-state index contributed by atoms with van der Waals surface area (Å²) in [4.78, 5) is 0. The molecule has 0 aliphatic heterocycles. The molecule has 1 N–H and O–H groups in total. The molecule has 0 aliphatic rings. The summed E-state index contributed by atoms with van der Waals surface area (Å²) in [5.41, 5.74) is 5.22. The smallest absolute Gasteiger partial charge is 0.133 e. The van der Waals surface area contributed by atoms with Crippen molar-refractivity contribution in [1.29, 1.82) is 0 Å². The molecule has 0 bridgehead atoms. The van der Waals surface area contributed by atoms with Gasteiger partial charge >= 0.3 is 0 Å². The van der Waals surface area contributed by atoms with E-state index in [1.165, 1.54) is 22.3 Å². The zero-order valence-corrected chi connectivity index (χ0v) is 14.6. The Bertz CT molecular complexity index is 604. The minimum Gasteiger partial charge on any atom is -0.496 e. The topological polar surface area (TPSA) is 21.3 Å². The molecule has 1 unspecified atom stereocenters. The summed E-state index contributed by atoms with van der Waals surface area (Å²) in [6.07, 6.45) is 0. The molecule has 3 heteroatoms. The minimum absolute atomic E-state index is 0.193. The van der Waals surface area contributed by atoms with Gasteiger partial charge in [0.15, 0.2) is 0 Å². The van der Waals surface area contributed by atoms with Crippen LogP contribution < -0.4 is 10.1 Å². The van der Waals surface area contributed by atoms with Crippen LogP contribution in [0.3, 0.4) is 0 Å². The van der Waals surface area contributed by atoms with Crippen molar-refractivity contribution in [2.45, 2.75) is 26.8 Å². The number of rotatable bonds is 5. The molecular weight excluding hydrogens is 326 g/mol. The lowest BCUT2D eigenvalue weighted by Crippen LogP contribution is -2.23. The summed E-state index contributed by atoms with van der Waals surface area (Å²) in [7, 11) is 1.69. The van der Waals surface area contributed by atoms with E-state index in [0.717, 1.165) is 16.8 Å². The van der Waals surface area contributed by atoms with Gasteiger partial charge < -0.3 is 10.1 Å². The van der Waals surface area contributed by atoms with Crippen molar-refractivity contribution in [3.8, 4) is 5.75 Å². The fraction of sp³-hybridized carbons (Fsp3) is 0.333. The summed E-state index contributed by atoms with van der Waals surface area (Å²) in [5.74, 6) is 0.857. The average molecular weight is 348 g/mol. The summed E-state index contributed by atoms with van der Waals surface area (Å²) < 4.78 is 6.31. The fourth-order valence-electron chi connectivity index (χ4n) is 2.74. The number of halogens is 1. The predicted octanol–water partition coefficient (Wildman–Crippen LogP) is 4.77. The predicted molar refractivity (Wildman–Crippen MR) is 92.1 cm³/mol. The zero-order valence-electron chi connectivity index (χ0n) is 13.0. The number of benzene rings is 2. The number of aryl methyl sites for hydroxylation is 2. The summed E-state index contributed by atoms with van der Waals surface area (Å²) in [5, 5.41) is 3.60. The highest BCUT2D eigenvalue weighted by Gasteiger charge is 2.18. The minimum atomic E-state index is 0.193. The first-order chi connectivity index (χ1) is 10.1. The van der Waals surface area contributed by atoms with Gasteiger partial charge in [-0.25, -0.2) is 0 Å². The van der Waals surface area contributed by atoms with E-state index in [1.807, 2.05) is 6.07 Å². The third-order valence-electron chi connectivity index (χ3n) is 3.75. The van der Waals surface area contributed by atoms with E-state index < -0.39 is 0 Å². The van der Waals surface area contributed by atoms with Gasteiger partial charge in [-0.15, -0.1) is 0 Å². The molecular formula is C18H22BrNO. The van der Waals surface area contributed by atoms with Crippen molar-refractivity contribution in [2.24, 2.45) is 0 Å². The van der Waals surface area contributed by atoms with Gasteiger partial charge in [0, 0.05) is 0 Å². The fourth-order valence-corrected chi connectivity index (χ4v) is 3.29. The van der Waals surface area contributed by atoms with Gasteiger partial charge in [-0.1, -0.05) is 31.2 Å². The lowest BCUT2D eigenvalue weighted by Gasteiger charge is -2.23. The van der Waals surface area contributed by atoms with Crippen LogP contribution in [-0.2, 0) is 0 Å². The summed E-state index contributed by atoms with van der Waals surface area (Å²) in [6.45, 7) is 7.40. The maximum Gasteiger partial charge on any atom is 0.133 e. The zero-order chi connectivity index (χ0) is 15.4. The quantitative estimate of drug-likeness (QED) is 0.840. The molecule has 21 heavy (non-hydrogen) atoms. The molecule has 0 heterocycles. The molecule has 112 valence electrons. The Hall–Kier alpha value is -1.32. The highest BCUT2D eigenvalue weighted by atomic mass is 79.9. The summed E-state index contributed by atoms with van der Waals surface area (Å²) in [6, 6.07) is 12.9. The van der Waals surface area contributed by atoms with E-state index in [2.05, 4.69) is 72.3 Å². The molecule has 0 spiro atoms. The largest absolute Gasteiger partial charge is 0.496 e. The maximum absolute atomic E-state index is 5.33. The van der Waals surface area contributed by atoms with Crippen molar-refractivity contribution < 1.29 is 4.74 Å². The summed E-state index contributed by atoms with van der Waals surface area (Å²) >= 11 is 3.58. The van der Waals surface area contributed by atoms with Gasteiger partial charge in [0.1, 0.15) is 5.75 Å². The van der Waals surface area contributed by atoms with E-state index >= 15 is 0 Å². The third-order valence-corrected chi connectivity index (χ3v) is 4.37. The van der Waals surface area contributed by atoms with Crippen molar-refractivity contribution in [3.63, 3.8) is 0 Å². The molecule has 2 nitrogen and oxygen atoms in total. The van der Waals surface area contributed by atoms with Crippen molar-refractivity contribution in [1.82, 2.24) is 5.32 Å². The second-order valence-electron chi connectivity index (χ2n) is 5.19. The standard InChI is InChI=1S/C18H22BrNO/c1-5-20-18(17-12(2)7-6-8-13(17)3)14-9-10-16(21-4)15(19)11-14/h6-11,18,20H,5H2,1-4H3. The second-order valence-corrected chi connectivity index (χ2v) is 6.04. The lowest BCUT2D eigenvalue weighted by atomic mass is 9.91. The van der Waals surface area contributed by atoms with Crippen LogP contribution in [0.5, 0.6) is 5.75 Å². The third kappa shape index (κ3) is 3.47. The van der Waals surface area contributed by atoms with E-state index in [9.17, 15) is 0 Å². The average Bonchev–Trinajstić information content (AvgIpc) is 2.46. The number of ether oxygens (including phenoxy) is 1. The van der Waals surface area contributed by atoms with Crippen LogP contribution in [0, 0.1) is 13.8 Å². The SMILES string of the molecule is CCNC(c1ccc(OC)c(Br)c1)c1c(C)cccc1C. The van der Waals surface area contributed by atoms with Crippen LogP contribution >= 0.6 is 15.9 Å². The first-order valence-electron chi connectivity index (χ1n) is 7.21. The molecule has 2 aromatic carbocycles. The first kappa shape index (κ1) is 16.1. The van der Waals surface area contributed by atoms with E-state index in [-0.39, 0.29) is 6.04 Å². The van der Waals surface area contributed by atoms with Gasteiger partial charge in [0.05, 0.1) is 17.6 Å². The number of methoxy groups -OCH3 is 1. The van der Waals surface area contributed by atoms with Gasteiger partial charge in [-0.2, -0.15) is 0 Å². The monoisotopic (exact) mass is 347 g/mol. The number of hydrogen-bond donors (Lipinski definition) is 1. The first-order valence-corrected chi connectivity index (χ1v) is 8.00. The normalized spacial score (nSPS) is 12.2. The van der Waals surface area contributed by atoms with Gasteiger partial charge in [-0.3, -0.25) is 0 Å². The van der Waals surface area contributed by atoms with Crippen molar-refractivity contribution >= 4 is 15.9 Å². The molecule has 2 aromatic rings. The lowest BCUT2D eigenvalue weighted by molar-refractivity contribution is 0.411. The molecule has 2 rings (SSSR count). The van der Waals surface area contributed by atoms with Crippen molar-refractivity contribution in [3.05, 3.63) is 63.1 Å². The maximum atomic E-state index is 5.33. The van der Waals surface area contributed by atoms with E-state index in [4.69, 9.17) is 4.74 Å². The molecule has 0 fully saturated rings. The van der Waals surface area contributed by atoms with Gasteiger partial charge in [0.2, 0.25) is 0 Å². The Morgan fingerprint density at radius 3 is 2.33 bits per heavy atom. The molecule has 0 saturated heterocycles. The van der Waals surface area contributed by atoms with Crippen LogP contribution in [0.4, 0.5) is 0 Å². The molecule has 0 radical (unpaired) electrons. The number of hydrogen-bond acceptors (Lipinski definition) is 2. The van der Waals surface area contributed by atoms with Crippen LogP contribution in [-0.4, -0.2) is 13.7 Å². The molecule has 1 atom stereocenters. The molecule has 0 amide bonds. The van der Waals surface area contributed by atoms with Gasteiger partial charge in [0.25, 0.3) is 0 Å². The molecule has 0 saturated carbocycles. The Labute approximate surface area is 135 Å². The second kappa shape index (κ2) is 7.10. The highest BCUT2D eigenvalue weighted by molar-refractivity contribution is 9.10. The number of nitrogens with one attached hydrogen (secondary N) is 1. The highest BCUT2D eigenvalue weighted by Crippen LogP contribution is 2.33. The molecule has 0 aliphatic carbocycles. The van der Waals surface area contributed by atoms with Crippen molar-refractivity contribution in [2.75, 3.05) is 13.7 Å². The van der Waals surface area contributed by atoms with Gasteiger partial charge in [-0.05, 0) is 70.7 Å². The van der Waals surface area contributed by atoms with E-state index in [1.54, 1.807) is 7.11 Å². The Morgan fingerprint density at radius 1 is 1.14 bits per heavy atom. The van der Waals surface area contributed by atoms with Crippen LogP contribution in [0.15, 0.2) is 40.9 Å². The van der Waals surface area contributed by atoms with Crippen LogP contribution in [0.25, 0.3) is 0 Å². The Balaban J connectivity index is 2.51. The van der Waals surface area contributed by atoms with Crippen LogP contribution in [0.2, 0.25) is 0 Å². The van der Waals surface area contributed by atoms with E-state index in [0.29, 0.717) is 0 Å².